The van der Waals surface area contributed by atoms with E-state index in [1.807, 2.05) is 0 Å². The molecule has 2 nitrogen and oxygen atoms in total. The van der Waals surface area contributed by atoms with Gasteiger partial charge in [-0.05, 0) is 38.1 Å². The lowest BCUT2D eigenvalue weighted by Gasteiger charge is -2.29. The van der Waals surface area contributed by atoms with E-state index in [-0.39, 0.29) is 6.10 Å². The van der Waals surface area contributed by atoms with E-state index in [0.29, 0.717) is 12.0 Å². The summed E-state index contributed by atoms with van der Waals surface area (Å²) in [7, 11) is 0. The predicted octanol–water partition coefficient (Wildman–Crippen LogP) is 0.509. The number of aliphatic hydroxyl groups excluding tert-OH is 1. The first-order valence-corrected chi connectivity index (χ1v) is 4.28. The maximum Gasteiger partial charge on any atom is 0.0583 e. The molecule has 58 valence electrons. The Balaban J connectivity index is 1.67. The van der Waals surface area contributed by atoms with E-state index in [1.54, 1.807) is 0 Å². The van der Waals surface area contributed by atoms with Crippen LogP contribution in [0.2, 0.25) is 0 Å². The second-order valence-electron chi connectivity index (χ2n) is 3.58. The summed E-state index contributed by atoms with van der Waals surface area (Å²) in [5, 5.41) is 12.8. The van der Waals surface area contributed by atoms with Crippen molar-refractivity contribution in [1.29, 1.82) is 0 Å². The van der Waals surface area contributed by atoms with Crippen LogP contribution in [-0.2, 0) is 0 Å². The fourth-order valence-electron chi connectivity index (χ4n) is 1.51. The highest BCUT2D eigenvalue weighted by molar-refractivity contribution is 4.87. The molecule has 2 rings (SSSR count). The van der Waals surface area contributed by atoms with Gasteiger partial charge in [-0.15, -0.1) is 0 Å². The Morgan fingerprint density at radius 2 is 2.10 bits per heavy atom. The van der Waals surface area contributed by atoms with Crippen molar-refractivity contribution < 1.29 is 5.11 Å². The zero-order valence-corrected chi connectivity index (χ0v) is 6.21. The predicted molar refractivity (Wildman–Crippen MR) is 39.8 cm³/mol. The highest BCUT2D eigenvalue weighted by Gasteiger charge is 2.32. The van der Waals surface area contributed by atoms with Gasteiger partial charge in [-0.25, -0.2) is 0 Å². The molecular weight excluding hydrogens is 126 g/mol. The molecule has 1 aliphatic heterocycles. The number of hydrogen-bond donors (Lipinski definition) is 2. The summed E-state index contributed by atoms with van der Waals surface area (Å²) in [6, 6.07) is 0.635. The summed E-state index contributed by atoms with van der Waals surface area (Å²) in [5.74, 6) is 0.655. The van der Waals surface area contributed by atoms with Gasteiger partial charge >= 0.3 is 0 Å². The lowest BCUT2D eigenvalue weighted by atomic mass is 9.98. The fourth-order valence-corrected chi connectivity index (χ4v) is 1.51. The van der Waals surface area contributed by atoms with E-state index in [2.05, 4.69) is 5.32 Å². The summed E-state index contributed by atoms with van der Waals surface area (Å²) < 4.78 is 0. The monoisotopic (exact) mass is 141 g/mol. The molecule has 0 aromatic heterocycles. The van der Waals surface area contributed by atoms with Crippen LogP contribution >= 0.6 is 0 Å². The van der Waals surface area contributed by atoms with Crippen LogP contribution in [-0.4, -0.2) is 23.8 Å². The zero-order chi connectivity index (χ0) is 6.97. The lowest BCUT2D eigenvalue weighted by Crippen LogP contribution is -2.45. The van der Waals surface area contributed by atoms with Crippen LogP contribution in [0, 0.1) is 5.92 Å². The first-order valence-electron chi connectivity index (χ1n) is 4.28. The molecule has 2 atom stereocenters. The Hall–Kier alpha value is -0.0800. The normalized spacial score (nSPS) is 35.1. The maximum atomic E-state index is 9.48. The van der Waals surface area contributed by atoms with Crippen molar-refractivity contribution in [3.8, 4) is 0 Å². The standard InChI is InChI=1S/C8H15NO/c10-8(6-1-2-6)5-7-3-4-9-7/h6-10H,1-5H2. The van der Waals surface area contributed by atoms with Gasteiger partial charge < -0.3 is 10.4 Å². The summed E-state index contributed by atoms with van der Waals surface area (Å²) in [5.41, 5.74) is 0. The zero-order valence-electron chi connectivity index (χ0n) is 6.21. The van der Waals surface area contributed by atoms with Gasteiger partial charge in [-0.2, -0.15) is 0 Å². The molecular formula is C8H15NO. The average molecular weight is 141 g/mol. The fraction of sp³-hybridized carbons (Fsp3) is 1.00. The largest absolute Gasteiger partial charge is 0.393 e. The molecule has 2 heteroatoms. The van der Waals surface area contributed by atoms with Crippen LogP contribution in [0.25, 0.3) is 0 Å². The van der Waals surface area contributed by atoms with Gasteiger partial charge in [-0.3, -0.25) is 0 Å². The topological polar surface area (TPSA) is 32.3 Å². The van der Waals surface area contributed by atoms with E-state index < -0.39 is 0 Å². The molecule has 0 aromatic rings. The second-order valence-corrected chi connectivity index (χ2v) is 3.58. The number of rotatable bonds is 3. The number of nitrogens with one attached hydrogen (secondary N) is 1. The van der Waals surface area contributed by atoms with Crippen molar-refractivity contribution in [2.75, 3.05) is 6.54 Å². The first kappa shape index (κ1) is 6.62. The Morgan fingerprint density at radius 1 is 1.40 bits per heavy atom. The van der Waals surface area contributed by atoms with Crippen molar-refractivity contribution in [2.45, 2.75) is 37.8 Å². The second kappa shape index (κ2) is 2.51. The first-order chi connectivity index (χ1) is 4.86. The molecule has 1 saturated carbocycles. The van der Waals surface area contributed by atoms with Crippen molar-refractivity contribution in [2.24, 2.45) is 5.92 Å². The van der Waals surface area contributed by atoms with Crippen molar-refractivity contribution in [1.82, 2.24) is 5.32 Å². The van der Waals surface area contributed by atoms with E-state index >= 15 is 0 Å². The molecule has 0 bridgehead atoms. The van der Waals surface area contributed by atoms with Crippen molar-refractivity contribution in [3.05, 3.63) is 0 Å². The molecule has 2 aliphatic rings. The maximum absolute atomic E-state index is 9.48. The minimum Gasteiger partial charge on any atom is -0.393 e. The van der Waals surface area contributed by atoms with Crippen molar-refractivity contribution in [3.63, 3.8) is 0 Å². The third-order valence-corrected chi connectivity index (χ3v) is 2.62. The summed E-state index contributed by atoms with van der Waals surface area (Å²) in [6.45, 7) is 1.15. The minimum absolute atomic E-state index is 0.00204. The SMILES string of the molecule is OC(CC1CCN1)C1CC1. The van der Waals surface area contributed by atoms with Gasteiger partial charge in [0.05, 0.1) is 6.10 Å². The molecule has 10 heavy (non-hydrogen) atoms. The molecule has 1 heterocycles. The molecule has 2 N–H and O–H groups in total. The van der Waals surface area contributed by atoms with E-state index in [9.17, 15) is 5.11 Å². The Kier molecular flexibility index (Phi) is 1.66. The molecule has 1 saturated heterocycles. The molecule has 0 aromatic carbocycles. The van der Waals surface area contributed by atoms with Gasteiger partial charge in [0, 0.05) is 6.04 Å². The van der Waals surface area contributed by atoms with Gasteiger partial charge in [0.15, 0.2) is 0 Å². The van der Waals surface area contributed by atoms with Gasteiger partial charge in [0.1, 0.15) is 0 Å². The summed E-state index contributed by atoms with van der Waals surface area (Å²) in [6.07, 6.45) is 4.77. The Labute approximate surface area is 61.6 Å². The quantitative estimate of drug-likeness (QED) is 0.600. The van der Waals surface area contributed by atoms with E-state index in [0.717, 1.165) is 13.0 Å². The molecule has 0 amide bonds. The van der Waals surface area contributed by atoms with Crippen LogP contribution in [0.3, 0.4) is 0 Å². The minimum atomic E-state index is -0.00204. The average Bonchev–Trinajstić information content (AvgIpc) is 2.58. The Bertz CT molecular complexity index is 118. The third kappa shape index (κ3) is 1.32. The third-order valence-electron chi connectivity index (χ3n) is 2.62. The number of aliphatic hydroxyl groups is 1. The highest BCUT2D eigenvalue weighted by atomic mass is 16.3. The van der Waals surface area contributed by atoms with Crippen LogP contribution < -0.4 is 5.32 Å². The van der Waals surface area contributed by atoms with Gasteiger partial charge in [0.25, 0.3) is 0 Å². The summed E-state index contributed by atoms with van der Waals surface area (Å²) in [4.78, 5) is 0. The Morgan fingerprint density at radius 3 is 2.50 bits per heavy atom. The van der Waals surface area contributed by atoms with Gasteiger partial charge in [0.2, 0.25) is 0 Å². The molecule has 0 spiro atoms. The smallest absolute Gasteiger partial charge is 0.0583 e. The molecule has 0 radical (unpaired) electrons. The lowest BCUT2D eigenvalue weighted by molar-refractivity contribution is 0.115. The van der Waals surface area contributed by atoms with Crippen LogP contribution in [0.15, 0.2) is 0 Å². The molecule has 2 fully saturated rings. The molecule has 1 aliphatic carbocycles. The van der Waals surface area contributed by atoms with E-state index in [4.69, 9.17) is 0 Å². The van der Waals surface area contributed by atoms with Crippen LogP contribution in [0.4, 0.5) is 0 Å². The molecule has 2 unspecified atom stereocenters. The van der Waals surface area contributed by atoms with E-state index in [1.165, 1.54) is 19.3 Å². The highest BCUT2D eigenvalue weighted by Crippen LogP contribution is 2.34. The van der Waals surface area contributed by atoms with Crippen LogP contribution in [0.5, 0.6) is 0 Å². The summed E-state index contributed by atoms with van der Waals surface area (Å²) >= 11 is 0. The van der Waals surface area contributed by atoms with Crippen LogP contribution in [0.1, 0.15) is 25.7 Å². The van der Waals surface area contributed by atoms with Gasteiger partial charge in [-0.1, -0.05) is 0 Å². The number of hydrogen-bond acceptors (Lipinski definition) is 2. The van der Waals surface area contributed by atoms with Crippen molar-refractivity contribution >= 4 is 0 Å².